The number of hydrogen-bond acceptors (Lipinski definition) is 10. The van der Waals surface area contributed by atoms with Crippen LogP contribution in [0.2, 0.25) is 0 Å². The molecule has 0 saturated carbocycles. The first-order valence-corrected chi connectivity index (χ1v) is 19.7. The Morgan fingerprint density at radius 3 is 1.54 bits per heavy atom. The van der Waals surface area contributed by atoms with Crippen LogP contribution in [-0.4, -0.2) is 58.2 Å². The Hall–Kier alpha value is -6.47. The van der Waals surface area contributed by atoms with Crippen LogP contribution in [0.4, 0.5) is 27.2 Å². The third-order valence-electron chi connectivity index (χ3n) is 9.51. The minimum atomic E-state index is -0.517. The molecular formula is C41H54N12O4. The molecule has 6 N–H and O–H groups in total. The van der Waals surface area contributed by atoms with E-state index in [-0.39, 0.29) is 59.1 Å². The van der Waals surface area contributed by atoms with Crippen molar-refractivity contribution in [2.75, 3.05) is 41.7 Å². The van der Waals surface area contributed by atoms with E-state index in [9.17, 15) is 35.0 Å². The second-order valence-electron chi connectivity index (χ2n) is 13.6. The van der Waals surface area contributed by atoms with E-state index < -0.39 is 12.1 Å². The van der Waals surface area contributed by atoms with Crippen LogP contribution in [0.15, 0.2) is 51.6 Å². The molecule has 0 bridgehead atoms. The van der Waals surface area contributed by atoms with Crippen molar-refractivity contribution in [3.05, 3.63) is 79.6 Å². The van der Waals surface area contributed by atoms with Gasteiger partial charge in [-0.1, -0.05) is 65.5 Å². The number of unbranched alkanes of at least 4 members (excludes halogenated alkanes) is 2. The average molecular weight is 779 g/mol. The molecule has 2 atom stereocenters. The van der Waals surface area contributed by atoms with Gasteiger partial charge in [0.15, 0.2) is 0 Å². The van der Waals surface area contributed by atoms with E-state index in [0.717, 1.165) is 57.1 Å². The smallest absolute Gasteiger partial charge is 0.321 e. The highest BCUT2D eigenvalue weighted by Crippen LogP contribution is 2.25. The second kappa shape index (κ2) is 24.1. The zero-order valence-corrected chi connectivity index (χ0v) is 33.3. The number of rotatable bonds is 22. The summed E-state index contributed by atoms with van der Waals surface area (Å²) in [5.41, 5.74) is 1.52. The molecule has 0 saturated heterocycles. The number of hydrogen-bond donors (Lipinski definition) is 6. The van der Waals surface area contributed by atoms with E-state index in [1.807, 2.05) is 24.8 Å². The second-order valence-corrected chi connectivity index (χ2v) is 13.6. The molecule has 4 amide bonds. The van der Waals surface area contributed by atoms with Crippen LogP contribution in [-0.2, 0) is 0 Å². The van der Waals surface area contributed by atoms with Gasteiger partial charge in [-0.15, -0.1) is 0 Å². The lowest BCUT2D eigenvalue weighted by molar-refractivity contribution is 0.251. The van der Waals surface area contributed by atoms with Gasteiger partial charge in [0.2, 0.25) is 11.9 Å². The van der Waals surface area contributed by atoms with Crippen molar-refractivity contribution in [1.29, 1.82) is 15.8 Å². The summed E-state index contributed by atoms with van der Waals surface area (Å²) < 4.78 is 0. The lowest BCUT2D eigenvalue weighted by Crippen LogP contribution is -2.35. The van der Waals surface area contributed by atoms with E-state index >= 15 is 0 Å². The number of nitriles is 3. The number of carbonyl (C=O) groups is 2. The molecule has 302 valence electrons. The molecule has 2 aromatic heterocycles. The van der Waals surface area contributed by atoms with Gasteiger partial charge in [0.25, 0.3) is 11.1 Å². The van der Waals surface area contributed by atoms with E-state index in [4.69, 9.17) is 0 Å². The molecule has 0 aliphatic rings. The first kappa shape index (κ1) is 44.9. The van der Waals surface area contributed by atoms with Crippen LogP contribution < -0.4 is 37.3 Å². The van der Waals surface area contributed by atoms with Gasteiger partial charge in [0, 0.05) is 55.8 Å². The molecule has 1 aromatic carbocycles. The molecule has 16 nitrogen and oxygen atoms in total. The van der Waals surface area contributed by atoms with Crippen molar-refractivity contribution in [3.8, 4) is 18.2 Å². The highest BCUT2D eigenvalue weighted by atomic mass is 16.2. The summed E-state index contributed by atoms with van der Waals surface area (Å²) in [7, 11) is 0. The molecule has 2 unspecified atom stereocenters. The van der Waals surface area contributed by atoms with Gasteiger partial charge in [-0.05, 0) is 56.2 Å². The summed E-state index contributed by atoms with van der Waals surface area (Å²) in [5, 5.41) is 39.1. The SMILES string of the molecule is CCCCC(CC)c1cc(=O)[nH]c(NC(=O)NCCCN(CCCNC(=O)Nc2nc(C(CC)CCCC)cc(=O)[nH]2)c2ccc(C(C#N)=C(C#N)C#N)cc2)n1. The lowest BCUT2D eigenvalue weighted by Gasteiger charge is -2.25. The molecule has 0 aliphatic carbocycles. The Bertz CT molecular complexity index is 1940. The predicted octanol–water partition coefficient (Wildman–Crippen LogP) is 6.78. The maximum absolute atomic E-state index is 12.8. The number of aromatic amines is 2. The van der Waals surface area contributed by atoms with E-state index in [1.165, 1.54) is 12.1 Å². The van der Waals surface area contributed by atoms with Crippen LogP contribution in [0, 0.1) is 34.0 Å². The topological polar surface area (TPSA) is 248 Å². The summed E-state index contributed by atoms with van der Waals surface area (Å²) in [6.07, 6.45) is 8.59. The fourth-order valence-electron chi connectivity index (χ4n) is 6.37. The molecule has 16 heteroatoms. The van der Waals surface area contributed by atoms with E-state index in [0.29, 0.717) is 42.9 Å². The standard InChI is InChI=1S/C41H54N12O4/c1-5-9-13-28(7-3)34-23-36(54)49-38(47-34)51-40(56)45-19-11-21-53(32-17-15-30(16-18-32)33(27-44)31(25-42)26-43)22-12-20-46-41(57)52-39-48-35(24-37(55)50-39)29(8-4)14-10-6-2/h15-18,23-24,28-29H,5-14,19-22H2,1-4H3,(H3,45,47,49,51,54,56)(H3,46,48,50,52,55,57). The highest BCUT2D eigenvalue weighted by molar-refractivity contribution is 5.88. The zero-order valence-electron chi connectivity index (χ0n) is 33.3. The molecular weight excluding hydrogens is 725 g/mol. The van der Waals surface area contributed by atoms with Gasteiger partial charge in [-0.2, -0.15) is 15.8 Å². The normalized spacial score (nSPS) is 11.5. The van der Waals surface area contributed by atoms with Crippen molar-refractivity contribution in [2.24, 2.45) is 0 Å². The summed E-state index contributed by atoms with van der Waals surface area (Å²) in [6, 6.07) is 14.3. The third-order valence-corrected chi connectivity index (χ3v) is 9.51. The van der Waals surface area contributed by atoms with Crippen molar-refractivity contribution in [1.82, 2.24) is 30.6 Å². The minimum absolute atomic E-state index is 0.0244. The summed E-state index contributed by atoms with van der Waals surface area (Å²) >= 11 is 0. The summed E-state index contributed by atoms with van der Waals surface area (Å²) in [6.45, 7) is 9.87. The third kappa shape index (κ3) is 14.6. The quantitative estimate of drug-likeness (QED) is 0.0461. The number of amides is 4. The number of benzene rings is 1. The number of aromatic nitrogens is 4. The van der Waals surface area contributed by atoms with Crippen molar-refractivity contribution >= 4 is 35.2 Å². The molecule has 3 aromatic rings. The van der Waals surface area contributed by atoms with Crippen LogP contribution in [0.3, 0.4) is 0 Å². The molecule has 57 heavy (non-hydrogen) atoms. The summed E-state index contributed by atoms with van der Waals surface area (Å²) in [5.74, 6) is 0.404. The Balaban J connectivity index is 1.65. The largest absolute Gasteiger partial charge is 0.371 e. The fraction of sp³-hybridized carbons (Fsp3) is 0.488. The Morgan fingerprint density at radius 1 is 0.702 bits per heavy atom. The monoisotopic (exact) mass is 778 g/mol. The van der Waals surface area contributed by atoms with Gasteiger partial charge in [0.1, 0.15) is 23.8 Å². The fourth-order valence-corrected chi connectivity index (χ4v) is 6.37. The lowest BCUT2D eigenvalue weighted by atomic mass is 9.96. The number of nitrogens with one attached hydrogen (secondary N) is 6. The zero-order chi connectivity index (χ0) is 41.6. The molecule has 2 heterocycles. The Labute approximate surface area is 333 Å². The van der Waals surface area contributed by atoms with E-state index in [1.54, 1.807) is 36.4 Å². The number of anilines is 3. The highest BCUT2D eigenvalue weighted by Gasteiger charge is 2.16. The first-order valence-electron chi connectivity index (χ1n) is 19.7. The van der Waals surface area contributed by atoms with E-state index in [2.05, 4.69) is 55.1 Å². The van der Waals surface area contributed by atoms with Crippen LogP contribution in [0.5, 0.6) is 0 Å². The number of allylic oxidation sites excluding steroid dienone is 2. The molecule has 0 spiro atoms. The van der Waals surface area contributed by atoms with Gasteiger partial charge in [-0.3, -0.25) is 30.2 Å². The minimum Gasteiger partial charge on any atom is -0.371 e. The first-order chi connectivity index (χ1) is 27.6. The van der Waals surface area contributed by atoms with Crippen LogP contribution >= 0.6 is 0 Å². The van der Waals surface area contributed by atoms with Gasteiger partial charge < -0.3 is 15.5 Å². The average Bonchev–Trinajstić information content (AvgIpc) is 3.19. The molecule has 0 radical (unpaired) electrons. The van der Waals surface area contributed by atoms with Crippen LogP contribution in [0.1, 0.15) is 121 Å². The van der Waals surface area contributed by atoms with Gasteiger partial charge >= 0.3 is 12.1 Å². The summed E-state index contributed by atoms with van der Waals surface area (Å²) in [4.78, 5) is 66.5. The number of urea groups is 2. The Morgan fingerprint density at radius 2 is 1.16 bits per heavy atom. The van der Waals surface area contributed by atoms with Crippen molar-refractivity contribution in [2.45, 2.75) is 104 Å². The Kier molecular flexibility index (Phi) is 19.0. The molecule has 3 rings (SSSR count). The van der Waals surface area contributed by atoms with Gasteiger partial charge in [0.05, 0.1) is 17.0 Å². The van der Waals surface area contributed by atoms with Crippen molar-refractivity contribution in [3.63, 3.8) is 0 Å². The molecule has 0 fully saturated rings. The maximum Gasteiger partial charge on any atom is 0.321 e. The number of H-pyrrole nitrogens is 2. The van der Waals surface area contributed by atoms with Gasteiger partial charge in [-0.25, -0.2) is 19.6 Å². The number of carbonyl (C=O) groups excluding carboxylic acids is 2. The molecule has 0 aliphatic heterocycles. The van der Waals surface area contributed by atoms with Crippen molar-refractivity contribution < 1.29 is 9.59 Å². The maximum atomic E-state index is 12.8. The number of nitrogens with zero attached hydrogens (tertiary/aromatic N) is 6. The van der Waals surface area contributed by atoms with Crippen LogP contribution in [0.25, 0.3) is 5.57 Å². The predicted molar refractivity (Wildman–Crippen MR) is 221 cm³/mol.